The summed E-state index contributed by atoms with van der Waals surface area (Å²) in [5.74, 6) is -0.167. The summed E-state index contributed by atoms with van der Waals surface area (Å²) in [5.41, 5.74) is 3.75. The highest BCUT2D eigenvalue weighted by atomic mass is 16.5. The maximum atomic E-state index is 13.4. The Labute approximate surface area is 216 Å². The molecule has 0 spiro atoms. The number of anilines is 2. The van der Waals surface area contributed by atoms with Gasteiger partial charge in [-0.2, -0.15) is 0 Å². The van der Waals surface area contributed by atoms with Crippen LogP contribution in [0.5, 0.6) is 11.5 Å². The Balaban J connectivity index is 1.63. The average Bonchev–Trinajstić information content (AvgIpc) is 3.46. The zero-order valence-electron chi connectivity index (χ0n) is 21.4. The molecule has 5 rings (SSSR count). The SMILES string of the molecule is CC(C)Oc1ccc(N2C(=O)C(=O)/C(=C(\O)c3ccc4c(c3)CCO4)C2c2ccc(N(C)C)cc2)cc1. The van der Waals surface area contributed by atoms with Crippen molar-refractivity contribution < 1.29 is 24.2 Å². The number of nitrogens with zero attached hydrogens (tertiary/aromatic N) is 2. The number of Topliss-reactive ketones (excluding diaryl/α,β-unsaturated/α-hetero) is 1. The number of hydrogen-bond donors (Lipinski definition) is 1. The number of hydrogen-bond acceptors (Lipinski definition) is 6. The first-order valence-electron chi connectivity index (χ1n) is 12.4. The third-order valence-electron chi connectivity index (χ3n) is 6.62. The molecular formula is C30H30N2O5. The number of amides is 1. The number of rotatable bonds is 6. The van der Waals surface area contributed by atoms with Crippen LogP contribution in [-0.2, 0) is 16.0 Å². The second-order valence-electron chi connectivity index (χ2n) is 9.74. The standard InChI is InChI=1S/C30H30N2O5/c1-18(2)37-24-12-10-23(11-13-24)32-27(19-5-8-22(9-6-19)31(3)4)26(29(34)30(32)35)28(33)21-7-14-25-20(17-21)15-16-36-25/h5-14,17-18,27,33H,15-16H2,1-4H3/b28-26-. The van der Waals surface area contributed by atoms with E-state index < -0.39 is 17.7 Å². The van der Waals surface area contributed by atoms with Crippen LogP contribution in [0.2, 0.25) is 0 Å². The van der Waals surface area contributed by atoms with E-state index in [4.69, 9.17) is 9.47 Å². The number of benzene rings is 3. The smallest absolute Gasteiger partial charge is 0.300 e. The monoisotopic (exact) mass is 498 g/mol. The average molecular weight is 499 g/mol. The molecule has 2 aliphatic heterocycles. The molecule has 1 atom stereocenters. The molecule has 37 heavy (non-hydrogen) atoms. The van der Waals surface area contributed by atoms with E-state index in [0.29, 0.717) is 23.6 Å². The third-order valence-corrected chi connectivity index (χ3v) is 6.62. The molecule has 190 valence electrons. The lowest BCUT2D eigenvalue weighted by atomic mass is 9.94. The van der Waals surface area contributed by atoms with Crippen molar-refractivity contribution in [1.82, 2.24) is 0 Å². The van der Waals surface area contributed by atoms with Crippen LogP contribution >= 0.6 is 0 Å². The van der Waals surface area contributed by atoms with Gasteiger partial charge in [0.25, 0.3) is 11.7 Å². The van der Waals surface area contributed by atoms with Crippen LogP contribution in [0.4, 0.5) is 11.4 Å². The summed E-state index contributed by atoms with van der Waals surface area (Å²) in [6.45, 7) is 4.46. The van der Waals surface area contributed by atoms with Gasteiger partial charge in [0.05, 0.1) is 24.3 Å². The predicted molar refractivity (Wildman–Crippen MR) is 143 cm³/mol. The second kappa shape index (κ2) is 9.65. The topological polar surface area (TPSA) is 79.3 Å². The van der Waals surface area contributed by atoms with Gasteiger partial charge in [-0.1, -0.05) is 12.1 Å². The highest BCUT2D eigenvalue weighted by molar-refractivity contribution is 6.51. The lowest BCUT2D eigenvalue weighted by Crippen LogP contribution is -2.29. The van der Waals surface area contributed by atoms with Crippen molar-refractivity contribution in [3.63, 3.8) is 0 Å². The van der Waals surface area contributed by atoms with Crippen molar-refractivity contribution in [2.45, 2.75) is 32.4 Å². The number of carbonyl (C=O) groups is 2. The minimum Gasteiger partial charge on any atom is -0.507 e. The molecule has 1 amide bonds. The number of aliphatic hydroxyl groups excluding tert-OH is 1. The van der Waals surface area contributed by atoms with Gasteiger partial charge in [0.1, 0.15) is 17.3 Å². The van der Waals surface area contributed by atoms with E-state index in [1.807, 2.05) is 63.2 Å². The van der Waals surface area contributed by atoms with Crippen molar-refractivity contribution >= 4 is 28.8 Å². The number of ether oxygens (including phenoxy) is 2. The molecule has 0 bridgehead atoms. The molecule has 7 heteroatoms. The maximum absolute atomic E-state index is 13.4. The van der Waals surface area contributed by atoms with Crippen molar-refractivity contribution in [2.75, 3.05) is 30.5 Å². The summed E-state index contributed by atoms with van der Waals surface area (Å²) < 4.78 is 11.3. The summed E-state index contributed by atoms with van der Waals surface area (Å²) in [4.78, 5) is 30.3. The van der Waals surface area contributed by atoms with E-state index in [-0.39, 0.29) is 17.4 Å². The second-order valence-corrected chi connectivity index (χ2v) is 9.74. The lowest BCUT2D eigenvalue weighted by molar-refractivity contribution is -0.132. The lowest BCUT2D eigenvalue weighted by Gasteiger charge is -2.26. The summed E-state index contributed by atoms with van der Waals surface area (Å²) in [5, 5.41) is 11.4. The fraction of sp³-hybridized carbons (Fsp3) is 0.267. The van der Waals surface area contributed by atoms with Crippen LogP contribution in [0.15, 0.2) is 72.3 Å². The zero-order chi connectivity index (χ0) is 26.3. The summed E-state index contributed by atoms with van der Waals surface area (Å²) in [6, 6.07) is 19.3. The number of ketones is 1. The first kappa shape index (κ1) is 24.4. The van der Waals surface area contributed by atoms with Crippen LogP contribution in [0.1, 0.15) is 36.6 Å². The molecule has 7 nitrogen and oxygen atoms in total. The summed E-state index contributed by atoms with van der Waals surface area (Å²) in [7, 11) is 3.89. The van der Waals surface area contributed by atoms with E-state index in [0.717, 1.165) is 29.0 Å². The predicted octanol–water partition coefficient (Wildman–Crippen LogP) is 5.10. The molecule has 1 saturated heterocycles. The van der Waals surface area contributed by atoms with Crippen LogP contribution in [0.25, 0.3) is 5.76 Å². The quantitative estimate of drug-likeness (QED) is 0.289. The van der Waals surface area contributed by atoms with Gasteiger partial charge in [-0.15, -0.1) is 0 Å². The molecule has 0 saturated carbocycles. The normalized spacial score (nSPS) is 18.2. The molecule has 1 N–H and O–H groups in total. The fourth-order valence-corrected chi connectivity index (χ4v) is 4.82. The van der Waals surface area contributed by atoms with Gasteiger partial charge in [-0.05, 0) is 79.6 Å². The van der Waals surface area contributed by atoms with E-state index in [1.165, 1.54) is 4.90 Å². The van der Waals surface area contributed by atoms with Gasteiger partial charge < -0.3 is 19.5 Å². The molecule has 1 unspecified atom stereocenters. The molecule has 0 aromatic heterocycles. The van der Waals surface area contributed by atoms with Crippen LogP contribution < -0.4 is 19.3 Å². The first-order valence-corrected chi connectivity index (χ1v) is 12.4. The molecule has 2 aliphatic rings. The van der Waals surface area contributed by atoms with E-state index >= 15 is 0 Å². The molecule has 3 aromatic rings. The highest BCUT2D eigenvalue weighted by Gasteiger charge is 2.47. The fourth-order valence-electron chi connectivity index (χ4n) is 4.82. The Bertz CT molecular complexity index is 1370. The van der Waals surface area contributed by atoms with Crippen LogP contribution in [0, 0.1) is 0 Å². The number of carbonyl (C=O) groups excluding carboxylic acids is 2. The van der Waals surface area contributed by atoms with Gasteiger partial charge in [-0.25, -0.2) is 0 Å². The Morgan fingerprint density at radius 3 is 2.38 bits per heavy atom. The third kappa shape index (κ3) is 4.53. The van der Waals surface area contributed by atoms with Crippen LogP contribution in [-0.4, -0.2) is 43.6 Å². The van der Waals surface area contributed by atoms with Crippen molar-refractivity contribution in [3.8, 4) is 11.5 Å². The Morgan fingerprint density at radius 1 is 1.03 bits per heavy atom. The zero-order valence-corrected chi connectivity index (χ0v) is 21.4. The van der Waals surface area contributed by atoms with Crippen LogP contribution in [0.3, 0.4) is 0 Å². The van der Waals surface area contributed by atoms with Crippen molar-refractivity contribution in [3.05, 3.63) is 89.0 Å². The highest BCUT2D eigenvalue weighted by Crippen LogP contribution is 2.43. The molecule has 0 aliphatic carbocycles. The number of fused-ring (bicyclic) bond motifs is 1. The number of aliphatic hydroxyl groups is 1. The summed E-state index contributed by atoms with van der Waals surface area (Å²) >= 11 is 0. The van der Waals surface area contributed by atoms with E-state index in [2.05, 4.69) is 0 Å². The largest absolute Gasteiger partial charge is 0.507 e. The molecule has 1 fully saturated rings. The molecular weight excluding hydrogens is 468 g/mol. The summed E-state index contributed by atoms with van der Waals surface area (Å²) in [6.07, 6.45) is 0.735. The van der Waals surface area contributed by atoms with Gasteiger partial charge >= 0.3 is 0 Å². The van der Waals surface area contributed by atoms with Gasteiger partial charge in [0.2, 0.25) is 0 Å². The van der Waals surface area contributed by atoms with Gasteiger partial charge in [-0.3, -0.25) is 14.5 Å². The van der Waals surface area contributed by atoms with Gasteiger partial charge in [0, 0.05) is 37.5 Å². The Hall–Kier alpha value is -4.26. The molecule has 0 radical (unpaired) electrons. The maximum Gasteiger partial charge on any atom is 0.300 e. The Morgan fingerprint density at radius 2 is 1.73 bits per heavy atom. The van der Waals surface area contributed by atoms with Gasteiger partial charge in [0.15, 0.2) is 0 Å². The Kier molecular flexibility index (Phi) is 6.38. The van der Waals surface area contributed by atoms with E-state index in [9.17, 15) is 14.7 Å². The van der Waals surface area contributed by atoms with Crippen molar-refractivity contribution in [2.24, 2.45) is 0 Å². The van der Waals surface area contributed by atoms with E-state index in [1.54, 1.807) is 36.4 Å². The molecule has 2 heterocycles. The molecule has 3 aromatic carbocycles. The van der Waals surface area contributed by atoms with Crippen molar-refractivity contribution in [1.29, 1.82) is 0 Å². The minimum atomic E-state index is -0.794. The first-order chi connectivity index (χ1) is 17.7. The minimum absolute atomic E-state index is 0.00742.